The predicted molar refractivity (Wildman–Crippen MR) is 57.9 cm³/mol. The van der Waals surface area contributed by atoms with Gasteiger partial charge in [-0.1, -0.05) is 16.8 Å². The van der Waals surface area contributed by atoms with Gasteiger partial charge in [-0.3, -0.25) is 10.1 Å². The third-order valence-electron chi connectivity index (χ3n) is 2.14. The molecule has 2 rings (SSSR count). The molecule has 1 aromatic heterocycles. The van der Waals surface area contributed by atoms with Gasteiger partial charge in [0.25, 0.3) is 5.69 Å². The summed E-state index contributed by atoms with van der Waals surface area (Å²) < 4.78 is 30.7. The lowest BCUT2D eigenvalue weighted by atomic mass is 10.1. The van der Waals surface area contributed by atoms with E-state index < -0.39 is 22.2 Å². The van der Waals surface area contributed by atoms with E-state index in [2.05, 4.69) is 9.68 Å². The molecule has 0 saturated carbocycles. The second-order valence-electron chi connectivity index (χ2n) is 3.25. The molecule has 2 aromatic rings. The fourth-order valence-corrected chi connectivity index (χ4v) is 1.50. The van der Waals surface area contributed by atoms with Crippen LogP contribution in [-0.4, -0.2) is 10.1 Å². The van der Waals surface area contributed by atoms with Crippen molar-refractivity contribution >= 4 is 23.1 Å². The minimum absolute atomic E-state index is 0.203. The number of rotatable bonds is 2. The Hall–Kier alpha value is -2.22. The summed E-state index contributed by atoms with van der Waals surface area (Å²) in [5.74, 6) is -3.12. The molecule has 0 aliphatic carbocycles. The van der Waals surface area contributed by atoms with Crippen molar-refractivity contribution in [3.05, 3.63) is 38.9 Å². The van der Waals surface area contributed by atoms with Crippen molar-refractivity contribution in [3.8, 4) is 11.3 Å². The minimum Gasteiger partial charge on any atom is -0.380 e. The second kappa shape index (κ2) is 4.22. The molecule has 18 heavy (non-hydrogen) atoms. The highest BCUT2D eigenvalue weighted by Gasteiger charge is 2.25. The van der Waals surface area contributed by atoms with Gasteiger partial charge in [-0.15, -0.1) is 0 Å². The first-order valence-electron chi connectivity index (χ1n) is 4.46. The summed E-state index contributed by atoms with van der Waals surface area (Å²) in [5, 5.41) is 13.8. The number of benzene rings is 1. The smallest absolute Gasteiger partial charge is 0.283 e. The molecule has 0 aliphatic rings. The lowest BCUT2D eigenvalue weighted by Gasteiger charge is -2.01. The number of nitrogen functional groups attached to an aromatic ring is 1. The molecular weight excluding hydrogens is 272 g/mol. The highest BCUT2D eigenvalue weighted by molar-refractivity contribution is 6.35. The van der Waals surface area contributed by atoms with Crippen LogP contribution in [0.2, 0.25) is 5.02 Å². The van der Waals surface area contributed by atoms with E-state index in [0.29, 0.717) is 12.1 Å². The lowest BCUT2D eigenvalue weighted by Crippen LogP contribution is -1.95. The van der Waals surface area contributed by atoms with Crippen molar-refractivity contribution in [1.82, 2.24) is 5.16 Å². The van der Waals surface area contributed by atoms with Gasteiger partial charge in [-0.05, 0) is 6.07 Å². The Morgan fingerprint density at radius 2 is 2.00 bits per heavy atom. The van der Waals surface area contributed by atoms with E-state index in [1.807, 2.05) is 0 Å². The molecule has 1 aromatic carbocycles. The summed E-state index contributed by atoms with van der Waals surface area (Å²) in [5.41, 5.74) is 4.26. The highest BCUT2D eigenvalue weighted by atomic mass is 35.5. The molecule has 0 saturated heterocycles. The number of hydrogen-bond acceptors (Lipinski definition) is 5. The van der Waals surface area contributed by atoms with Crippen LogP contribution >= 0.6 is 11.6 Å². The predicted octanol–water partition coefficient (Wildman–Crippen LogP) is 2.76. The van der Waals surface area contributed by atoms with Gasteiger partial charge in [0.05, 0.1) is 11.0 Å². The number of nitrogens with zero attached hydrogens (tertiary/aromatic N) is 2. The fourth-order valence-electron chi connectivity index (χ4n) is 1.33. The summed E-state index contributed by atoms with van der Waals surface area (Å²) >= 11 is 5.69. The van der Waals surface area contributed by atoms with Gasteiger partial charge in [-0.2, -0.15) is 0 Å². The van der Waals surface area contributed by atoms with E-state index in [0.717, 1.165) is 0 Å². The molecule has 0 fully saturated rings. The maximum atomic E-state index is 13.1. The topological polar surface area (TPSA) is 95.2 Å². The summed E-state index contributed by atoms with van der Waals surface area (Å²) in [4.78, 5) is 9.86. The Morgan fingerprint density at radius 3 is 2.50 bits per heavy atom. The van der Waals surface area contributed by atoms with Crippen LogP contribution in [0.3, 0.4) is 0 Å². The van der Waals surface area contributed by atoms with Crippen molar-refractivity contribution in [3.63, 3.8) is 0 Å². The van der Waals surface area contributed by atoms with Crippen molar-refractivity contribution in [2.24, 2.45) is 0 Å². The monoisotopic (exact) mass is 275 g/mol. The molecule has 94 valence electrons. The van der Waals surface area contributed by atoms with Crippen LogP contribution < -0.4 is 5.73 Å². The van der Waals surface area contributed by atoms with Crippen LogP contribution in [0.4, 0.5) is 20.3 Å². The lowest BCUT2D eigenvalue weighted by molar-refractivity contribution is -0.384. The normalized spacial score (nSPS) is 10.6. The number of anilines is 1. The largest absolute Gasteiger partial charge is 0.380 e. The number of aromatic nitrogens is 1. The Balaban J connectivity index is 2.74. The van der Waals surface area contributed by atoms with Crippen LogP contribution in [0.25, 0.3) is 11.3 Å². The molecule has 0 bridgehead atoms. The Kier molecular flexibility index (Phi) is 2.87. The standard InChI is InChI=1S/C9H4ClF2N3O3/c10-7-8(18-14-9(7)13)3-1-4(11)5(12)2-6(3)15(16)17/h1-2H,(H2,13,14). The van der Waals surface area contributed by atoms with Crippen molar-refractivity contribution in [2.45, 2.75) is 0 Å². The molecule has 9 heteroatoms. The van der Waals surface area contributed by atoms with Gasteiger partial charge in [-0.25, -0.2) is 8.78 Å². The molecule has 6 nitrogen and oxygen atoms in total. The molecule has 0 spiro atoms. The summed E-state index contributed by atoms with van der Waals surface area (Å²) in [6.07, 6.45) is 0. The van der Waals surface area contributed by atoms with Gasteiger partial charge in [0.1, 0.15) is 10.6 Å². The fraction of sp³-hybridized carbons (Fsp3) is 0. The van der Waals surface area contributed by atoms with Crippen molar-refractivity contribution < 1.29 is 18.2 Å². The average Bonchev–Trinajstić information content (AvgIpc) is 2.63. The maximum absolute atomic E-state index is 13.1. The zero-order valence-corrected chi connectivity index (χ0v) is 9.24. The van der Waals surface area contributed by atoms with Gasteiger partial charge < -0.3 is 10.3 Å². The average molecular weight is 276 g/mol. The van der Waals surface area contributed by atoms with Crippen molar-refractivity contribution in [1.29, 1.82) is 0 Å². The Labute approximate surface area is 103 Å². The highest BCUT2D eigenvalue weighted by Crippen LogP contribution is 2.38. The van der Waals surface area contributed by atoms with Crippen molar-refractivity contribution in [2.75, 3.05) is 5.73 Å². The first kappa shape index (κ1) is 12.2. The molecule has 0 unspecified atom stereocenters. The zero-order valence-electron chi connectivity index (χ0n) is 8.49. The van der Waals surface area contributed by atoms with E-state index in [9.17, 15) is 18.9 Å². The molecule has 2 N–H and O–H groups in total. The molecule has 0 amide bonds. The SMILES string of the molecule is Nc1noc(-c2cc(F)c(F)cc2[N+](=O)[O-])c1Cl. The third kappa shape index (κ3) is 1.86. The summed E-state index contributed by atoms with van der Waals surface area (Å²) in [7, 11) is 0. The first-order valence-corrected chi connectivity index (χ1v) is 4.84. The zero-order chi connectivity index (χ0) is 13.4. The number of nitro groups is 1. The van der Waals surface area contributed by atoms with E-state index in [1.54, 1.807) is 0 Å². The quantitative estimate of drug-likeness (QED) is 0.671. The number of halogens is 3. The van der Waals surface area contributed by atoms with Crippen LogP contribution in [-0.2, 0) is 0 Å². The molecule has 0 atom stereocenters. The number of hydrogen-bond donors (Lipinski definition) is 1. The van der Waals surface area contributed by atoms with Crippen LogP contribution in [0.1, 0.15) is 0 Å². The molecular formula is C9H4ClF2N3O3. The summed E-state index contributed by atoms with van der Waals surface area (Å²) in [6, 6.07) is 1.03. The molecule has 1 heterocycles. The van der Waals surface area contributed by atoms with Crippen LogP contribution in [0.15, 0.2) is 16.7 Å². The van der Waals surface area contributed by atoms with Gasteiger partial charge >= 0.3 is 0 Å². The third-order valence-corrected chi connectivity index (χ3v) is 2.50. The molecule has 0 radical (unpaired) electrons. The van der Waals surface area contributed by atoms with Gasteiger partial charge in [0, 0.05) is 0 Å². The number of nitrogens with two attached hydrogens (primary N) is 1. The Bertz CT molecular complexity index is 644. The van der Waals surface area contributed by atoms with E-state index >= 15 is 0 Å². The molecule has 0 aliphatic heterocycles. The van der Waals surface area contributed by atoms with Crippen LogP contribution in [0.5, 0.6) is 0 Å². The van der Waals surface area contributed by atoms with Crippen LogP contribution in [0, 0.1) is 21.7 Å². The summed E-state index contributed by atoms with van der Waals surface area (Å²) in [6.45, 7) is 0. The van der Waals surface area contributed by atoms with E-state index in [-0.39, 0.29) is 22.2 Å². The second-order valence-corrected chi connectivity index (χ2v) is 3.63. The van der Waals surface area contributed by atoms with E-state index in [4.69, 9.17) is 17.3 Å². The maximum Gasteiger partial charge on any atom is 0.283 e. The number of nitro benzene ring substituents is 1. The van der Waals surface area contributed by atoms with Gasteiger partial charge in [0.2, 0.25) is 0 Å². The minimum atomic E-state index is -1.35. The van der Waals surface area contributed by atoms with Gasteiger partial charge in [0.15, 0.2) is 23.2 Å². The first-order chi connectivity index (χ1) is 8.41. The Morgan fingerprint density at radius 1 is 1.39 bits per heavy atom. The van der Waals surface area contributed by atoms with E-state index in [1.165, 1.54) is 0 Å².